The molecule has 0 unspecified atom stereocenters. The first-order valence-corrected chi connectivity index (χ1v) is 7.15. The molecule has 0 atom stereocenters. The van der Waals surface area contributed by atoms with E-state index in [0.29, 0.717) is 17.0 Å². The molecule has 0 radical (unpaired) electrons. The van der Waals surface area contributed by atoms with Crippen molar-refractivity contribution in [3.05, 3.63) is 71.8 Å². The fraction of sp³-hybridized carbons (Fsp3) is 0.105. The van der Waals surface area contributed by atoms with E-state index in [1.807, 2.05) is 43.3 Å². The highest BCUT2D eigenvalue weighted by Crippen LogP contribution is 2.23. The number of anilines is 1. The lowest BCUT2D eigenvalue weighted by molar-refractivity contribution is 0.0923. The lowest BCUT2D eigenvalue weighted by Crippen LogP contribution is -2.12. The van der Waals surface area contributed by atoms with Crippen LogP contribution in [0.15, 0.2) is 60.7 Å². The lowest BCUT2D eigenvalue weighted by atomic mass is 9.98. The second-order valence-corrected chi connectivity index (χ2v) is 5.26. The van der Waals surface area contributed by atoms with Crippen molar-refractivity contribution in [1.29, 1.82) is 0 Å². The van der Waals surface area contributed by atoms with Crippen molar-refractivity contribution in [3.8, 4) is 5.75 Å². The standard InChI is InChI=1S/C19H17NO2/c1-13-9-10-18(17-8-3-2-7-16(13)17)19(21)12-22-15-6-4-5-14(20)11-15/h2-11H,12,20H2,1H3. The van der Waals surface area contributed by atoms with Gasteiger partial charge in [0.25, 0.3) is 0 Å². The SMILES string of the molecule is Cc1ccc(C(=O)COc2cccc(N)c2)c2ccccc12. The second-order valence-electron chi connectivity index (χ2n) is 5.26. The summed E-state index contributed by atoms with van der Waals surface area (Å²) in [4.78, 5) is 12.5. The molecule has 0 aliphatic carbocycles. The van der Waals surface area contributed by atoms with Crippen molar-refractivity contribution in [1.82, 2.24) is 0 Å². The number of ketones is 1. The van der Waals surface area contributed by atoms with Crippen LogP contribution in [0.25, 0.3) is 10.8 Å². The number of fused-ring (bicyclic) bond motifs is 1. The van der Waals surface area contributed by atoms with E-state index in [9.17, 15) is 4.79 Å². The molecule has 0 aromatic heterocycles. The number of Topliss-reactive ketones (excluding diaryl/α,β-unsaturated/α-hetero) is 1. The summed E-state index contributed by atoms with van der Waals surface area (Å²) in [7, 11) is 0. The van der Waals surface area contributed by atoms with Crippen molar-refractivity contribution in [2.75, 3.05) is 12.3 Å². The molecule has 110 valence electrons. The monoisotopic (exact) mass is 291 g/mol. The third kappa shape index (κ3) is 2.79. The van der Waals surface area contributed by atoms with Crippen LogP contribution in [0, 0.1) is 6.92 Å². The van der Waals surface area contributed by atoms with Crippen LogP contribution in [0.2, 0.25) is 0 Å². The van der Waals surface area contributed by atoms with Gasteiger partial charge in [0.15, 0.2) is 6.61 Å². The van der Waals surface area contributed by atoms with E-state index in [0.717, 1.165) is 16.3 Å². The maximum absolute atomic E-state index is 12.5. The zero-order chi connectivity index (χ0) is 15.5. The van der Waals surface area contributed by atoms with Gasteiger partial charge in [-0.3, -0.25) is 4.79 Å². The van der Waals surface area contributed by atoms with E-state index >= 15 is 0 Å². The van der Waals surface area contributed by atoms with E-state index in [-0.39, 0.29) is 12.4 Å². The van der Waals surface area contributed by atoms with E-state index in [4.69, 9.17) is 10.5 Å². The minimum absolute atomic E-state index is 0.00346. The van der Waals surface area contributed by atoms with E-state index in [2.05, 4.69) is 0 Å². The third-order valence-electron chi connectivity index (χ3n) is 3.67. The minimum Gasteiger partial charge on any atom is -0.485 e. The van der Waals surface area contributed by atoms with Gasteiger partial charge in [-0.2, -0.15) is 0 Å². The molecule has 0 amide bonds. The van der Waals surface area contributed by atoms with Gasteiger partial charge in [-0.25, -0.2) is 0 Å². The van der Waals surface area contributed by atoms with Crippen molar-refractivity contribution >= 4 is 22.2 Å². The highest BCUT2D eigenvalue weighted by molar-refractivity contribution is 6.09. The molecule has 3 heteroatoms. The minimum atomic E-state index is -0.0429. The number of hydrogen-bond acceptors (Lipinski definition) is 3. The summed E-state index contributed by atoms with van der Waals surface area (Å²) in [5.74, 6) is 0.559. The predicted octanol–water partition coefficient (Wildman–Crippen LogP) is 3.99. The summed E-state index contributed by atoms with van der Waals surface area (Å²) < 4.78 is 5.55. The Bertz CT molecular complexity index is 840. The molecule has 22 heavy (non-hydrogen) atoms. The molecule has 3 aromatic carbocycles. The fourth-order valence-electron chi connectivity index (χ4n) is 2.52. The summed E-state index contributed by atoms with van der Waals surface area (Å²) >= 11 is 0. The quantitative estimate of drug-likeness (QED) is 0.584. The number of aryl methyl sites for hydroxylation is 1. The second kappa shape index (κ2) is 5.90. The van der Waals surface area contributed by atoms with Gasteiger partial charge in [0.1, 0.15) is 5.75 Å². The lowest BCUT2D eigenvalue weighted by Gasteiger charge is -2.10. The Morgan fingerprint density at radius 2 is 1.77 bits per heavy atom. The third-order valence-corrected chi connectivity index (χ3v) is 3.67. The van der Waals surface area contributed by atoms with Crippen LogP contribution in [0.5, 0.6) is 5.75 Å². The van der Waals surface area contributed by atoms with Crippen molar-refractivity contribution in [2.45, 2.75) is 6.92 Å². The van der Waals surface area contributed by atoms with Crippen molar-refractivity contribution in [2.24, 2.45) is 0 Å². The molecule has 3 nitrogen and oxygen atoms in total. The van der Waals surface area contributed by atoms with Crippen molar-refractivity contribution < 1.29 is 9.53 Å². The van der Waals surface area contributed by atoms with Crippen LogP contribution in [-0.4, -0.2) is 12.4 Å². The molecule has 0 saturated heterocycles. The molecule has 0 heterocycles. The normalized spacial score (nSPS) is 10.6. The van der Waals surface area contributed by atoms with Gasteiger partial charge >= 0.3 is 0 Å². The Balaban J connectivity index is 1.85. The predicted molar refractivity (Wildman–Crippen MR) is 89.4 cm³/mol. The summed E-state index contributed by atoms with van der Waals surface area (Å²) in [6.07, 6.45) is 0. The number of nitrogen functional groups attached to an aromatic ring is 1. The van der Waals surface area contributed by atoms with Gasteiger partial charge < -0.3 is 10.5 Å². The van der Waals surface area contributed by atoms with Gasteiger partial charge in [0, 0.05) is 17.3 Å². The first-order valence-electron chi connectivity index (χ1n) is 7.15. The Hall–Kier alpha value is -2.81. The van der Waals surface area contributed by atoms with Crippen LogP contribution >= 0.6 is 0 Å². The maximum atomic E-state index is 12.5. The van der Waals surface area contributed by atoms with Crippen LogP contribution in [0.3, 0.4) is 0 Å². The van der Waals surface area contributed by atoms with Gasteiger partial charge in [0.05, 0.1) is 0 Å². The van der Waals surface area contributed by atoms with Gasteiger partial charge in [0.2, 0.25) is 5.78 Å². The maximum Gasteiger partial charge on any atom is 0.200 e. The van der Waals surface area contributed by atoms with Crippen molar-refractivity contribution in [3.63, 3.8) is 0 Å². The number of rotatable bonds is 4. The highest BCUT2D eigenvalue weighted by atomic mass is 16.5. The Morgan fingerprint density at radius 3 is 2.55 bits per heavy atom. The first kappa shape index (κ1) is 14.1. The summed E-state index contributed by atoms with van der Waals surface area (Å²) in [5.41, 5.74) is 8.16. The number of ether oxygens (including phenoxy) is 1. The number of nitrogens with two attached hydrogens (primary N) is 1. The zero-order valence-corrected chi connectivity index (χ0v) is 12.4. The first-order chi connectivity index (χ1) is 10.6. The molecule has 0 bridgehead atoms. The molecule has 0 saturated carbocycles. The largest absolute Gasteiger partial charge is 0.485 e. The number of carbonyl (C=O) groups excluding carboxylic acids is 1. The summed E-state index contributed by atoms with van der Waals surface area (Å²) in [6, 6.07) is 18.8. The number of benzene rings is 3. The van der Waals surface area contributed by atoms with Gasteiger partial charge in [-0.1, -0.05) is 42.5 Å². The van der Waals surface area contributed by atoms with E-state index in [1.54, 1.807) is 24.3 Å². The molecule has 0 aliphatic rings. The average molecular weight is 291 g/mol. The van der Waals surface area contributed by atoms with Crippen LogP contribution in [-0.2, 0) is 0 Å². The molecule has 0 aliphatic heterocycles. The Kier molecular flexibility index (Phi) is 3.79. The molecular formula is C19H17NO2. The fourth-order valence-corrected chi connectivity index (χ4v) is 2.52. The molecule has 3 rings (SSSR count). The average Bonchev–Trinajstić information content (AvgIpc) is 2.53. The topological polar surface area (TPSA) is 52.3 Å². The number of hydrogen-bond donors (Lipinski definition) is 1. The molecular weight excluding hydrogens is 274 g/mol. The van der Waals surface area contributed by atoms with Gasteiger partial charge in [-0.05, 0) is 35.4 Å². The van der Waals surface area contributed by atoms with Crippen LogP contribution < -0.4 is 10.5 Å². The molecule has 3 aromatic rings. The smallest absolute Gasteiger partial charge is 0.200 e. The highest BCUT2D eigenvalue weighted by Gasteiger charge is 2.12. The van der Waals surface area contributed by atoms with E-state index < -0.39 is 0 Å². The van der Waals surface area contributed by atoms with Crippen LogP contribution in [0.1, 0.15) is 15.9 Å². The van der Waals surface area contributed by atoms with E-state index in [1.165, 1.54) is 0 Å². The molecule has 2 N–H and O–H groups in total. The molecule has 0 fully saturated rings. The Morgan fingerprint density at radius 1 is 1.00 bits per heavy atom. The van der Waals surface area contributed by atoms with Crippen LogP contribution in [0.4, 0.5) is 5.69 Å². The summed E-state index contributed by atoms with van der Waals surface area (Å²) in [5, 5.41) is 2.06. The molecule has 0 spiro atoms. The number of carbonyl (C=O) groups is 1. The summed E-state index contributed by atoms with van der Waals surface area (Å²) in [6.45, 7) is 2.04. The van der Waals surface area contributed by atoms with Gasteiger partial charge in [-0.15, -0.1) is 0 Å². The zero-order valence-electron chi connectivity index (χ0n) is 12.4. The Labute approximate surface area is 129 Å².